The first-order chi connectivity index (χ1) is 11.9. The van der Waals surface area contributed by atoms with Gasteiger partial charge in [0.1, 0.15) is 11.6 Å². The van der Waals surface area contributed by atoms with Crippen LogP contribution in [0.4, 0.5) is 10.2 Å². The molecule has 0 bridgehead atoms. The van der Waals surface area contributed by atoms with Crippen LogP contribution in [0.25, 0.3) is 11.4 Å². The molecule has 0 radical (unpaired) electrons. The van der Waals surface area contributed by atoms with Crippen molar-refractivity contribution in [2.45, 2.75) is 25.8 Å². The van der Waals surface area contributed by atoms with Crippen molar-refractivity contribution in [1.29, 1.82) is 0 Å². The summed E-state index contributed by atoms with van der Waals surface area (Å²) >= 11 is 5.85. The summed E-state index contributed by atoms with van der Waals surface area (Å²) in [4.78, 5) is 8.93. The number of hydrogen-bond donors (Lipinski definition) is 1. The smallest absolute Gasteiger partial charge is 0.171 e. The number of nitrogens with one attached hydrogen (secondary N) is 1. The Bertz CT molecular complexity index is 931. The average molecular weight is 382 g/mol. The highest BCUT2D eigenvalue weighted by molar-refractivity contribution is 7.94. The Kier molecular flexibility index (Phi) is 5.06. The van der Waals surface area contributed by atoms with Crippen LogP contribution in [0.2, 0.25) is 5.02 Å². The van der Waals surface area contributed by atoms with Gasteiger partial charge in [-0.2, -0.15) is 0 Å². The molecule has 1 aromatic carbocycles. The number of benzene rings is 1. The molecule has 8 heteroatoms. The van der Waals surface area contributed by atoms with E-state index in [9.17, 15) is 12.8 Å². The largest absolute Gasteiger partial charge is 0.364 e. The van der Waals surface area contributed by atoms with Gasteiger partial charge in [0.05, 0.1) is 10.8 Å². The summed E-state index contributed by atoms with van der Waals surface area (Å²) in [5.41, 5.74) is 1.44. The lowest BCUT2D eigenvalue weighted by molar-refractivity contribution is 0.597. The SMILES string of the molecule is CCc1cc(NC2C=CS(=O)(=O)CC2)nc(-c2ccc(F)c(Cl)c2)n1. The number of rotatable bonds is 4. The van der Waals surface area contributed by atoms with E-state index in [1.165, 1.54) is 17.5 Å². The van der Waals surface area contributed by atoms with Gasteiger partial charge in [-0.05, 0) is 31.0 Å². The Morgan fingerprint density at radius 3 is 2.76 bits per heavy atom. The summed E-state index contributed by atoms with van der Waals surface area (Å²) in [5, 5.41) is 4.46. The summed E-state index contributed by atoms with van der Waals surface area (Å²) in [6, 6.07) is 6.05. The molecule has 1 aromatic heterocycles. The van der Waals surface area contributed by atoms with Crippen LogP contribution in [0.3, 0.4) is 0 Å². The van der Waals surface area contributed by atoms with Crippen molar-refractivity contribution in [3.63, 3.8) is 0 Å². The first-order valence-electron chi connectivity index (χ1n) is 7.87. The molecule has 0 fully saturated rings. The highest BCUT2D eigenvalue weighted by atomic mass is 35.5. The van der Waals surface area contributed by atoms with Crippen LogP contribution < -0.4 is 5.32 Å². The molecule has 25 heavy (non-hydrogen) atoms. The summed E-state index contributed by atoms with van der Waals surface area (Å²) in [6.45, 7) is 1.97. The van der Waals surface area contributed by atoms with Crippen molar-refractivity contribution < 1.29 is 12.8 Å². The van der Waals surface area contributed by atoms with Crippen molar-refractivity contribution >= 4 is 27.3 Å². The minimum atomic E-state index is -3.08. The second-order valence-electron chi connectivity index (χ2n) is 5.79. The zero-order valence-corrected chi connectivity index (χ0v) is 15.1. The van der Waals surface area contributed by atoms with Gasteiger partial charge < -0.3 is 5.32 Å². The number of sulfone groups is 1. The standard InChI is InChI=1S/C17H17ClFN3O2S/c1-2-12-10-16(20-13-5-7-25(23,24)8-6-13)22-17(21-12)11-3-4-15(19)14(18)9-11/h3-5,7,9-10,13H,2,6,8H2,1H3,(H,20,21,22). The molecule has 0 amide bonds. The van der Waals surface area contributed by atoms with Gasteiger partial charge in [-0.1, -0.05) is 24.6 Å². The Balaban J connectivity index is 1.91. The minimum Gasteiger partial charge on any atom is -0.364 e. The monoisotopic (exact) mass is 381 g/mol. The number of anilines is 1. The number of nitrogens with zero attached hydrogens (tertiary/aromatic N) is 2. The zero-order valence-electron chi connectivity index (χ0n) is 13.5. The lowest BCUT2D eigenvalue weighted by Crippen LogP contribution is -2.25. The molecular weight excluding hydrogens is 365 g/mol. The molecule has 0 aliphatic carbocycles. The van der Waals surface area contributed by atoms with E-state index >= 15 is 0 Å². The second kappa shape index (κ2) is 7.09. The Morgan fingerprint density at radius 1 is 1.32 bits per heavy atom. The highest BCUT2D eigenvalue weighted by Gasteiger charge is 2.18. The fourth-order valence-electron chi connectivity index (χ4n) is 2.50. The lowest BCUT2D eigenvalue weighted by atomic mass is 10.2. The van der Waals surface area contributed by atoms with Gasteiger partial charge in [-0.15, -0.1) is 0 Å². The van der Waals surface area contributed by atoms with E-state index in [0.717, 1.165) is 5.69 Å². The first kappa shape index (κ1) is 17.8. The summed E-state index contributed by atoms with van der Waals surface area (Å²) < 4.78 is 36.3. The molecule has 3 rings (SSSR count). The molecule has 1 unspecified atom stereocenters. The molecule has 1 aliphatic heterocycles. The third kappa shape index (κ3) is 4.35. The van der Waals surface area contributed by atoms with Gasteiger partial charge in [-0.25, -0.2) is 22.8 Å². The molecule has 0 saturated heterocycles. The van der Waals surface area contributed by atoms with Gasteiger partial charge in [0.15, 0.2) is 15.7 Å². The number of aryl methyl sites for hydroxylation is 1. The summed E-state index contributed by atoms with van der Waals surface area (Å²) in [7, 11) is -3.08. The summed E-state index contributed by atoms with van der Waals surface area (Å²) in [6.07, 6.45) is 2.80. The molecule has 2 aromatic rings. The maximum Gasteiger partial charge on any atom is 0.171 e. The van der Waals surface area contributed by atoms with Crippen LogP contribution in [0, 0.1) is 5.82 Å². The number of aromatic nitrogens is 2. The molecule has 1 atom stereocenters. The fourth-order valence-corrected chi connectivity index (χ4v) is 3.83. The van der Waals surface area contributed by atoms with E-state index in [0.29, 0.717) is 30.0 Å². The van der Waals surface area contributed by atoms with Crippen LogP contribution in [-0.4, -0.2) is 30.2 Å². The van der Waals surface area contributed by atoms with E-state index in [2.05, 4.69) is 15.3 Å². The van der Waals surface area contributed by atoms with E-state index in [4.69, 9.17) is 11.6 Å². The fraction of sp³-hybridized carbons (Fsp3) is 0.294. The molecule has 5 nitrogen and oxygen atoms in total. The third-order valence-corrected chi connectivity index (χ3v) is 5.55. The lowest BCUT2D eigenvalue weighted by Gasteiger charge is -2.19. The van der Waals surface area contributed by atoms with Crippen molar-refractivity contribution in [3.05, 3.63) is 52.3 Å². The van der Waals surface area contributed by atoms with Crippen LogP contribution in [0.1, 0.15) is 19.0 Å². The normalized spacial score (nSPS) is 18.9. The van der Waals surface area contributed by atoms with Crippen LogP contribution >= 0.6 is 11.6 Å². The molecule has 0 saturated carbocycles. The Labute approximate surface area is 150 Å². The first-order valence-corrected chi connectivity index (χ1v) is 9.96. The average Bonchev–Trinajstić information content (AvgIpc) is 2.59. The van der Waals surface area contributed by atoms with E-state index in [1.54, 1.807) is 12.1 Å². The zero-order chi connectivity index (χ0) is 18.0. The van der Waals surface area contributed by atoms with Crippen LogP contribution in [0.5, 0.6) is 0 Å². The Hall–Kier alpha value is -1.99. The molecule has 1 N–H and O–H groups in total. The van der Waals surface area contributed by atoms with Crippen molar-refractivity contribution in [2.75, 3.05) is 11.1 Å². The second-order valence-corrected chi connectivity index (χ2v) is 8.20. The van der Waals surface area contributed by atoms with Gasteiger partial charge >= 0.3 is 0 Å². The van der Waals surface area contributed by atoms with Gasteiger partial charge in [-0.3, -0.25) is 0 Å². The molecule has 2 heterocycles. The highest BCUT2D eigenvalue weighted by Crippen LogP contribution is 2.24. The third-order valence-electron chi connectivity index (χ3n) is 3.88. The van der Waals surface area contributed by atoms with Gasteiger partial charge in [0.25, 0.3) is 0 Å². The van der Waals surface area contributed by atoms with Crippen LogP contribution in [-0.2, 0) is 16.3 Å². The minimum absolute atomic E-state index is 0.0120. The molecular formula is C17H17ClFN3O2S. The predicted molar refractivity (Wildman–Crippen MR) is 96.8 cm³/mol. The van der Waals surface area contributed by atoms with Gasteiger partial charge in [0, 0.05) is 28.8 Å². The number of halogens is 2. The quantitative estimate of drug-likeness (QED) is 0.875. The summed E-state index contributed by atoms with van der Waals surface area (Å²) in [5.74, 6) is 0.643. The molecule has 0 spiro atoms. The van der Waals surface area contributed by atoms with E-state index in [-0.39, 0.29) is 16.8 Å². The maximum absolute atomic E-state index is 13.4. The Morgan fingerprint density at radius 2 is 2.12 bits per heavy atom. The maximum atomic E-state index is 13.4. The predicted octanol–water partition coefficient (Wildman–Crippen LogP) is 3.61. The van der Waals surface area contributed by atoms with Crippen molar-refractivity contribution in [1.82, 2.24) is 9.97 Å². The van der Waals surface area contributed by atoms with E-state index in [1.807, 2.05) is 13.0 Å². The van der Waals surface area contributed by atoms with Crippen molar-refractivity contribution in [2.24, 2.45) is 0 Å². The van der Waals surface area contributed by atoms with Gasteiger partial charge in [0.2, 0.25) is 0 Å². The number of hydrogen-bond acceptors (Lipinski definition) is 5. The topological polar surface area (TPSA) is 72.0 Å². The molecule has 1 aliphatic rings. The molecule has 132 valence electrons. The van der Waals surface area contributed by atoms with Crippen LogP contribution in [0.15, 0.2) is 35.7 Å². The van der Waals surface area contributed by atoms with E-state index < -0.39 is 15.7 Å². The van der Waals surface area contributed by atoms with Crippen molar-refractivity contribution in [3.8, 4) is 11.4 Å².